The summed E-state index contributed by atoms with van der Waals surface area (Å²) in [4.78, 5) is 0. The van der Waals surface area contributed by atoms with Crippen molar-refractivity contribution in [1.29, 1.82) is 0 Å². The summed E-state index contributed by atoms with van der Waals surface area (Å²) in [6, 6.07) is 18.8. The van der Waals surface area contributed by atoms with Crippen LogP contribution in [0.2, 0.25) is 0 Å². The smallest absolute Gasteiger partial charge is 0.00237 e. The predicted octanol–water partition coefficient (Wildman–Crippen LogP) is 6.67. The molecule has 0 heterocycles. The van der Waals surface area contributed by atoms with Gasteiger partial charge in [0.25, 0.3) is 0 Å². The fourth-order valence-corrected chi connectivity index (χ4v) is 3.36. The van der Waals surface area contributed by atoms with E-state index >= 15 is 0 Å². The Hall–Kier alpha value is -2.34. The molecule has 0 fully saturated rings. The molecule has 0 nitrogen and oxygen atoms in total. The molecule has 0 spiro atoms. The zero-order valence-corrected chi connectivity index (χ0v) is 15.5. The summed E-state index contributed by atoms with van der Waals surface area (Å²) in [5.41, 5.74) is 13.2. The van der Waals surface area contributed by atoms with Gasteiger partial charge in [-0.2, -0.15) is 0 Å². The highest BCUT2D eigenvalue weighted by Crippen LogP contribution is 2.37. The topological polar surface area (TPSA) is 0 Å². The molecule has 0 saturated carbocycles. The van der Waals surface area contributed by atoms with Crippen molar-refractivity contribution in [3.8, 4) is 22.3 Å². The van der Waals surface area contributed by atoms with E-state index in [-0.39, 0.29) is 0 Å². The van der Waals surface area contributed by atoms with E-state index in [1.807, 2.05) is 6.07 Å². The van der Waals surface area contributed by atoms with Gasteiger partial charge >= 0.3 is 0 Å². The average Bonchev–Trinajstić information content (AvgIpc) is 2.58. The second-order valence-corrected chi connectivity index (χ2v) is 6.82. The van der Waals surface area contributed by atoms with Crippen LogP contribution in [0.15, 0.2) is 42.5 Å². The zero-order chi connectivity index (χ0) is 17.4. The third-order valence-corrected chi connectivity index (χ3v) is 5.53. The Morgan fingerprint density at radius 1 is 0.542 bits per heavy atom. The summed E-state index contributed by atoms with van der Waals surface area (Å²) in [5.74, 6) is 0. The van der Waals surface area contributed by atoms with Crippen LogP contribution in [0.5, 0.6) is 0 Å². The van der Waals surface area contributed by atoms with Gasteiger partial charge in [-0.05, 0) is 103 Å². The van der Waals surface area contributed by atoms with Gasteiger partial charge in [0.15, 0.2) is 0 Å². The van der Waals surface area contributed by atoms with Gasteiger partial charge in [0.05, 0.1) is 0 Å². The molecule has 0 aliphatic carbocycles. The van der Waals surface area contributed by atoms with Gasteiger partial charge in [0, 0.05) is 0 Å². The van der Waals surface area contributed by atoms with E-state index < -0.39 is 0 Å². The minimum atomic E-state index is 1.20. The molecule has 0 unspecified atom stereocenters. The van der Waals surface area contributed by atoms with Crippen LogP contribution in [0, 0.1) is 47.6 Å². The second-order valence-electron chi connectivity index (χ2n) is 6.82. The standard InChI is InChI=1S/C24H25/c1-15-11-13-21(19(5)17(15)3)23-9-7-8-10-24(23)22-14-12-16(2)18(4)20(22)6/h7-9,11-14H,1-6H3. The van der Waals surface area contributed by atoms with Gasteiger partial charge in [-0.1, -0.05) is 42.5 Å². The lowest BCUT2D eigenvalue weighted by molar-refractivity contribution is 1.26. The lowest BCUT2D eigenvalue weighted by Gasteiger charge is -2.17. The van der Waals surface area contributed by atoms with Crippen molar-refractivity contribution < 1.29 is 0 Å². The maximum Gasteiger partial charge on any atom is -0.00237 e. The number of aryl methyl sites for hydroxylation is 2. The highest BCUT2D eigenvalue weighted by molar-refractivity contribution is 5.86. The van der Waals surface area contributed by atoms with E-state index in [0.29, 0.717) is 0 Å². The molecule has 0 aromatic heterocycles. The van der Waals surface area contributed by atoms with Crippen LogP contribution in [0.1, 0.15) is 33.4 Å². The average molecular weight is 313 g/mol. The monoisotopic (exact) mass is 313 g/mol. The number of hydrogen-bond acceptors (Lipinski definition) is 0. The fraction of sp³-hybridized carbons (Fsp3) is 0.250. The van der Waals surface area contributed by atoms with Crippen LogP contribution in [-0.4, -0.2) is 0 Å². The van der Waals surface area contributed by atoms with E-state index in [1.54, 1.807) is 0 Å². The molecule has 0 bridgehead atoms. The van der Waals surface area contributed by atoms with E-state index in [4.69, 9.17) is 0 Å². The molecule has 0 heteroatoms. The van der Waals surface area contributed by atoms with Crippen molar-refractivity contribution >= 4 is 0 Å². The molecule has 3 aromatic carbocycles. The summed E-state index contributed by atoms with van der Waals surface area (Å²) in [6.07, 6.45) is 0. The molecular formula is C24H25. The first-order chi connectivity index (χ1) is 11.4. The Morgan fingerprint density at radius 2 is 1.08 bits per heavy atom. The van der Waals surface area contributed by atoms with Crippen LogP contribution in [-0.2, 0) is 0 Å². The van der Waals surface area contributed by atoms with Gasteiger partial charge in [0.1, 0.15) is 0 Å². The minimum Gasteiger partial charge on any atom is -0.0610 e. The summed E-state index contributed by atoms with van der Waals surface area (Å²) in [7, 11) is 0. The van der Waals surface area contributed by atoms with Crippen LogP contribution in [0.4, 0.5) is 0 Å². The number of rotatable bonds is 2. The molecule has 0 atom stereocenters. The molecule has 0 aliphatic rings. The lowest BCUT2D eigenvalue weighted by atomic mass is 9.86. The Balaban J connectivity index is 2.28. The molecule has 121 valence electrons. The van der Waals surface area contributed by atoms with Crippen molar-refractivity contribution in [1.82, 2.24) is 0 Å². The first-order valence-corrected chi connectivity index (χ1v) is 8.57. The largest absolute Gasteiger partial charge is 0.0610 e. The minimum absolute atomic E-state index is 1.20. The zero-order valence-electron chi connectivity index (χ0n) is 15.5. The van der Waals surface area contributed by atoms with Crippen molar-refractivity contribution in [2.45, 2.75) is 41.5 Å². The molecule has 1 radical (unpaired) electrons. The van der Waals surface area contributed by atoms with Gasteiger partial charge in [-0.25, -0.2) is 0 Å². The number of benzene rings is 3. The first-order valence-electron chi connectivity index (χ1n) is 8.57. The Labute approximate surface area is 146 Å². The molecule has 3 rings (SSSR count). The highest BCUT2D eigenvalue weighted by atomic mass is 14.2. The van der Waals surface area contributed by atoms with Crippen molar-refractivity contribution in [2.24, 2.45) is 0 Å². The van der Waals surface area contributed by atoms with Crippen LogP contribution < -0.4 is 0 Å². The maximum atomic E-state index is 3.50. The van der Waals surface area contributed by atoms with Gasteiger partial charge in [-0.15, -0.1) is 0 Å². The SMILES string of the molecule is Cc1ccc(-c2[c]cccc2-c2ccc(C)c(C)c2C)c(C)c1C. The summed E-state index contributed by atoms with van der Waals surface area (Å²) in [6.45, 7) is 13.2. The van der Waals surface area contributed by atoms with Crippen molar-refractivity contribution in [3.05, 3.63) is 81.9 Å². The van der Waals surface area contributed by atoms with Crippen LogP contribution in [0.3, 0.4) is 0 Å². The van der Waals surface area contributed by atoms with Crippen molar-refractivity contribution in [2.75, 3.05) is 0 Å². The first kappa shape index (κ1) is 16.5. The predicted molar refractivity (Wildman–Crippen MR) is 105 cm³/mol. The maximum absolute atomic E-state index is 3.50. The van der Waals surface area contributed by atoms with E-state index in [2.05, 4.69) is 84.0 Å². The molecule has 0 N–H and O–H groups in total. The van der Waals surface area contributed by atoms with E-state index in [0.717, 1.165) is 0 Å². The third kappa shape index (κ3) is 2.67. The van der Waals surface area contributed by atoms with Crippen molar-refractivity contribution in [3.63, 3.8) is 0 Å². The van der Waals surface area contributed by atoms with Crippen LogP contribution in [0.25, 0.3) is 22.3 Å². The Bertz CT molecular complexity index is 837. The van der Waals surface area contributed by atoms with Gasteiger partial charge in [-0.3, -0.25) is 0 Å². The Morgan fingerprint density at radius 3 is 1.71 bits per heavy atom. The summed E-state index contributed by atoms with van der Waals surface area (Å²) in [5, 5.41) is 0. The Kier molecular flexibility index (Phi) is 4.32. The van der Waals surface area contributed by atoms with E-state index in [1.165, 1.54) is 55.6 Å². The molecular weight excluding hydrogens is 288 g/mol. The summed E-state index contributed by atoms with van der Waals surface area (Å²) >= 11 is 0. The second kappa shape index (κ2) is 6.28. The third-order valence-electron chi connectivity index (χ3n) is 5.53. The van der Waals surface area contributed by atoms with Crippen LogP contribution >= 0.6 is 0 Å². The quantitative estimate of drug-likeness (QED) is 0.495. The lowest BCUT2D eigenvalue weighted by Crippen LogP contribution is -1.95. The molecule has 3 aromatic rings. The molecule has 0 amide bonds. The van der Waals surface area contributed by atoms with Gasteiger partial charge in [0.2, 0.25) is 0 Å². The summed E-state index contributed by atoms with van der Waals surface area (Å²) < 4.78 is 0. The molecule has 0 saturated heterocycles. The highest BCUT2D eigenvalue weighted by Gasteiger charge is 2.14. The normalized spacial score (nSPS) is 10.9. The van der Waals surface area contributed by atoms with E-state index in [9.17, 15) is 0 Å². The fourth-order valence-electron chi connectivity index (χ4n) is 3.36. The molecule has 0 aliphatic heterocycles. The number of hydrogen-bond donors (Lipinski definition) is 0. The van der Waals surface area contributed by atoms with Gasteiger partial charge < -0.3 is 0 Å². The molecule has 24 heavy (non-hydrogen) atoms.